The zero-order valence-electron chi connectivity index (χ0n) is 14.8. The number of halogens is 1. The quantitative estimate of drug-likeness (QED) is 0.243. The molecule has 0 aromatic heterocycles. The standard InChI is InChI=1S/C17H32N4O2.HI/c1-2-19-17(20-8-4-10-23-13-14-6-7-14)21-9-3-5-15(12-21)11-16(18)22;/h14-15H,2-13H2,1H3,(H2,18,22)(H,19,20);1H. The third kappa shape index (κ3) is 8.50. The van der Waals surface area contributed by atoms with Crippen LogP contribution < -0.4 is 11.1 Å². The summed E-state index contributed by atoms with van der Waals surface area (Å²) in [7, 11) is 0. The maximum absolute atomic E-state index is 11.1. The number of likely N-dealkylation sites (tertiary alicyclic amines) is 1. The Balaban J connectivity index is 0.00000288. The van der Waals surface area contributed by atoms with Crippen molar-refractivity contribution in [3.05, 3.63) is 0 Å². The van der Waals surface area contributed by atoms with E-state index >= 15 is 0 Å². The molecule has 0 bridgehead atoms. The third-order valence-corrected chi connectivity index (χ3v) is 4.40. The summed E-state index contributed by atoms with van der Waals surface area (Å²) in [6.45, 7) is 7.30. The Morgan fingerprint density at radius 2 is 2.12 bits per heavy atom. The van der Waals surface area contributed by atoms with Crippen molar-refractivity contribution in [2.24, 2.45) is 22.6 Å². The lowest BCUT2D eigenvalue weighted by Gasteiger charge is -2.34. The number of amides is 1. The second-order valence-corrected chi connectivity index (χ2v) is 6.73. The van der Waals surface area contributed by atoms with E-state index in [2.05, 4.69) is 17.1 Å². The van der Waals surface area contributed by atoms with Crippen molar-refractivity contribution in [1.82, 2.24) is 10.2 Å². The first-order valence-corrected chi connectivity index (χ1v) is 9.08. The summed E-state index contributed by atoms with van der Waals surface area (Å²) >= 11 is 0. The normalized spacial score (nSPS) is 21.3. The van der Waals surface area contributed by atoms with Gasteiger partial charge in [-0.05, 0) is 50.9 Å². The number of piperidine rings is 1. The van der Waals surface area contributed by atoms with E-state index in [1.807, 2.05) is 0 Å². The number of guanidine groups is 1. The minimum atomic E-state index is -0.202. The fraction of sp³-hybridized carbons (Fsp3) is 0.882. The van der Waals surface area contributed by atoms with Gasteiger partial charge in [0.05, 0.1) is 0 Å². The zero-order valence-corrected chi connectivity index (χ0v) is 17.2. The summed E-state index contributed by atoms with van der Waals surface area (Å²) in [6, 6.07) is 0. The molecule has 0 aromatic carbocycles. The topological polar surface area (TPSA) is 80.0 Å². The number of nitrogens with zero attached hydrogens (tertiary/aromatic N) is 2. The van der Waals surface area contributed by atoms with Crippen LogP contribution in [0.5, 0.6) is 0 Å². The first-order valence-electron chi connectivity index (χ1n) is 9.08. The smallest absolute Gasteiger partial charge is 0.217 e. The second kappa shape index (κ2) is 11.9. The van der Waals surface area contributed by atoms with Gasteiger partial charge in [-0.3, -0.25) is 9.79 Å². The van der Waals surface area contributed by atoms with Gasteiger partial charge in [0.1, 0.15) is 0 Å². The molecule has 3 N–H and O–H groups in total. The summed E-state index contributed by atoms with van der Waals surface area (Å²) in [4.78, 5) is 18.1. The van der Waals surface area contributed by atoms with Gasteiger partial charge in [0.2, 0.25) is 5.91 Å². The molecule has 7 heteroatoms. The van der Waals surface area contributed by atoms with E-state index in [0.29, 0.717) is 12.3 Å². The van der Waals surface area contributed by atoms with E-state index < -0.39 is 0 Å². The number of carbonyl (C=O) groups excluding carboxylic acids is 1. The number of primary amides is 1. The van der Waals surface area contributed by atoms with Crippen LogP contribution >= 0.6 is 24.0 Å². The molecule has 1 aliphatic carbocycles. The lowest BCUT2D eigenvalue weighted by atomic mass is 9.95. The van der Waals surface area contributed by atoms with Crippen LogP contribution in [0.3, 0.4) is 0 Å². The maximum Gasteiger partial charge on any atom is 0.217 e. The van der Waals surface area contributed by atoms with Crippen molar-refractivity contribution in [2.75, 3.05) is 39.4 Å². The monoisotopic (exact) mass is 452 g/mol. The van der Waals surface area contributed by atoms with E-state index in [0.717, 1.165) is 70.5 Å². The summed E-state index contributed by atoms with van der Waals surface area (Å²) < 4.78 is 5.65. The number of aliphatic imine (C=N–C) groups is 1. The first-order chi connectivity index (χ1) is 11.2. The maximum atomic E-state index is 11.1. The van der Waals surface area contributed by atoms with Crippen LogP contribution in [0, 0.1) is 11.8 Å². The second-order valence-electron chi connectivity index (χ2n) is 6.73. The minimum absolute atomic E-state index is 0. The third-order valence-electron chi connectivity index (χ3n) is 4.40. The van der Waals surface area contributed by atoms with E-state index in [-0.39, 0.29) is 29.9 Å². The largest absolute Gasteiger partial charge is 0.381 e. The predicted molar refractivity (Wildman–Crippen MR) is 108 cm³/mol. The van der Waals surface area contributed by atoms with Crippen molar-refractivity contribution in [2.45, 2.75) is 45.4 Å². The number of hydrogen-bond donors (Lipinski definition) is 2. The van der Waals surface area contributed by atoms with Crippen LogP contribution in [-0.2, 0) is 9.53 Å². The summed E-state index contributed by atoms with van der Waals surface area (Å²) in [5, 5.41) is 3.36. The molecule has 140 valence electrons. The molecule has 1 saturated heterocycles. The molecule has 2 rings (SSSR count). The molecule has 0 radical (unpaired) electrons. The summed E-state index contributed by atoms with van der Waals surface area (Å²) in [6.07, 6.45) is 6.28. The Morgan fingerprint density at radius 1 is 1.33 bits per heavy atom. The van der Waals surface area contributed by atoms with Crippen molar-refractivity contribution in [3.63, 3.8) is 0 Å². The van der Waals surface area contributed by atoms with Gasteiger partial charge in [-0.2, -0.15) is 0 Å². The van der Waals surface area contributed by atoms with Crippen LogP contribution in [0.25, 0.3) is 0 Å². The predicted octanol–water partition coefficient (Wildman–Crippen LogP) is 1.97. The Kier molecular flexibility index (Phi) is 10.6. The van der Waals surface area contributed by atoms with Crippen molar-refractivity contribution >= 4 is 35.8 Å². The molecule has 1 amide bonds. The number of carbonyl (C=O) groups is 1. The lowest BCUT2D eigenvalue weighted by Crippen LogP contribution is -2.47. The van der Waals surface area contributed by atoms with E-state index in [1.165, 1.54) is 12.8 Å². The Bertz CT molecular complexity index is 402. The fourth-order valence-electron chi connectivity index (χ4n) is 3.02. The van der Waals surface area contributed by atoms with Gasteiger partial charge < -0.3 is 20.7 Å². The molecule has 1 heterocycles. The highest BCUT2D eigenvalue weighted by Gasteiger charge is 2.23. The fourth-order valence-corrected chi connectivity index (χ4v) is 3.02. The molecule has 1 unspecified atom stereocenters. The molecule has 0 spiro atoms. The number of nitrogens with one attached hydrogen (secondary N) is 1. The van der Waals surface area contributed by atoms with E-state index in [4.69, 9.17) is 15.5 Å². The number of hydrogen-bond acceptors (Lipinski definition) is 3. The van der Waals surface area contributed by atoms with Gasteiger partial charge >= 0.3 is 0 Å². The zero-order chi connectivity index (χ0) is 16.5. The van der Waals surface area contributed by atoms with Gasteiger partial charge in [-0.1, -0.05) is 0 Å². The van der Waals surface area contributed by atoms with Crippen molar-refractivity contribution in [3.8, 4) is 0 Å². The first kappa shape index (κ1) is 21.5. The summed E-state index contributed by atoms with van der Waals surface area (Å²) in [5.74, 6) is 1.94. The number of nitrogens with two attached hydrogens (primary N) is 1. The van der Waals surface area contributed by atoms with E-state index in [1.54, 1.807) is 0 Å². The summed E-state index contributed by atoms with van der Waals surface area (Å²) in [5.41, 5.74) is 5.34. The molecule has 2 aliphatic rings. The molecule has 6 nitrogen and oxygen atoms in total. The van der Waals surface area contributed by atoms with Crippen LogP contribution in [0.4, 0.5) is 0 Å². The average Bonchev–Trinajstić information content (AvgIpc) is 3.33. The van der Waals surface area contributed by atoms with Gasteiger partial charge in [-0.25, -0.2) is 0 Å². The van der Waals surface area contributed by atoms with Crippen LogP contribution in [0.2, 0.25) is 0 Å². The molecular weight excluding hydrogens is 419 g/mol. The lowest BCUT2D eigenvalue weighted by molar-refractivity contribution is -0.119. The van der Waals surface area contributed by atoms with Crippen molar-refractivity contribution in [1.29, 1.82) is 0 Å². The minimum Gasteiger partial charge on any atom is -0.381 e. The van der Waals surface area contributed by atoms with E-state index in [9.17, 15) is 4.79 Å². The van der Waals surface area contributed by atoms with Crippen LogP contribution in [-0.4, -0.2) is 56.2 Å². The Morgan fingerprint density at radius 3 is 2.79 bits per heavy atom. The highest BCUT2D eigenvalue weighted by atomic mass is 127. The van der Waals surface area contributed by atoms with Crippen molar-refractivity contribution < 1.29 is 9.53 Å². The van der Waals surface area contributed by atoms with Gasteiger partial charge in [0.25, 0.3) is 0 Å². The average molecular weight is 452 g/mol. The van der Waals surface area contributed by atoms with Gasteiger partial charge in [0, 0.05) is 45.8 Å². The molecule has 1 saturated carbocycles. The highest BCUT2D eigenvalue weighted by Crippen LogP contribution is 2.28. The van der Waals surface area contributed by atoms with Gasteiger partial charge in [0.15, 0.2) is 5.96 Å². The van der Waals surface area contributed by atoms with Gasteiger partial charge in [-0.15, -0.1) is 24.0 Å². The Hall–Kier alpha value is -0.570. The molecule has 2 fully saturated rings. The molecular formula is C17H33IN4O2. The Labute approximate surface area is 163 Å². The number of ether oxygens (including phenoxy) is 1. The van der Waals surface area contributed by atoms with Crippen LogP contribution in [0.1, 0.15) is 45.4 Å². The van der Waals surface area contributed by atoms with Crippen LogP contribution in [0.15, 0.2) is 4.99 Å². The molecule has 0 aromatic rings. The number of rotatable bonds is 9. The molecule has 24 heavy (non-hydrogen) atoms. The highest BCUT2D eigenvalue weighted by molar-refractivity contribution is 14.0. The molecule has 1 aliphatic heterocycles. The molecule has 1 atom stereocenters. The SMILES string of the molecule is CCNC(=NCCCOCC1CC1)N1CCCC(CC(N)=O)C1.I.